The summed E-state index contributed by atoms with van der Waals surface area (Å²) in [4.78, 5) is 2.26. The molecule has 1 nitrogen and oxygen atoms in total. The number of rotatable bonds is 3. The SMILES string of the molecule is Cc1ccc(C)c(N(C)c2ccc(C(C)C)cc2)c1. The maximum Gasteiger partial charge on any atom is 0.0440 e. The molecule has 0 heterocycles. The van der Waals surface area contributed by atoms with Crippen LogP contribution in [0.3, 0.4) is 0 Å². The molecular formula is C18H23N. The average Bonchev–Trinajstić information content (AvgIpc) is 2.41. The van der Waals surface area contributed by atoms with Gasteiger partial charge in [0.2, 0.25) is 0 Å². The molecule has 0 amide bonds. The second-order valence-corrected chi connectivity index (χ2v) is 5.60. The van der Waals surface area contributed by atoms with Crippen LogP contribution in [0, 0.1) is 13.8 Å². The molecule has 0 bridgehead atoms. The van der Waals surface area contributed by atoms with E-state index in [0.717, 1.165) is 0 Å². The van der Waals surface area contributed by atoms with Crippen molar-refractivity contribution < 1.29 is 0 Å². The Morgan fingerprint density at radius 2 is 1.53 bits per heavy atom. The van der Waals surface area contributed by atoms with Crippen LogP contribution >= 0.6 is 0 Å². The highest BCUT2D eigenvalue weighted by Gasteiger charge is 2.07. The molecule has 0 aromatic heterocycles. The van der Waals surface area contributed by atoms with Gasteiger partial charge in [0.25, 0.3) is 0 Å². The summed E-state index contributed by atoms with van der Waals surface area (Å²) in [6.45, 7) is 8.75. The van der Waals surface area contributed by atoms with Crippen molar-refractivity contribution in [1.29, 1.82) is 0 Å². The van der Waals surface area contributed by atoms with Gasteiger partial charge in [-0.15, -0.1) is 0 Å². The Balaban J connectivity index is 2.33. The molecule has 0 spiro atoms. The van der Waals surface area contributed by atoms with Crippen molar-refractivity contribution in [3.63, 3.8) is 0 Å². The van der Waals surface area contributed by atoms with E-state index in [1.807, 2.05) is 0 Å². The summed E-state index contributed by atoms with van der Waals surface area (Å²) >= 11 is 0. The van der Waals surface area contributed by atoms with E-state index < -0.39 is 0 Å². The second-order valence-electron chi connectivity index (χ2n) is 5.60. The first-order chi connectivity index (χ1) is 8.99. The number of nitrogens with zero attached hydrogens (tertiary/aromatic N) is 1. The van der Waals surface area contributed by atoms with Crippen LogP contribution < -0.4 is 4.90 Å². The molecule has 19 heavy (non-hydrogen) atoms. The maximum atomic E-state index is 2.26. The fourth-order valence-electron chi connectivity index (χ4n) is 2.30. The van der Waals surface area contributed by atoms with Crippen LogP contribution in [0.15, 0.2) is 42.5 Å². The lowest BCUT2D eigenvalue weighted by atomic mass is 10.0. The number of anilines is 2. The Morgan fingerprint density at radius 3 is 2.11 bits per heavy atom. The Kier molecular flexibility index (Phi) is 3.94. The Labute approximate surface area is 116 Å². The lowest BCUT2D eigenvalue weighted by Gasteiger charge is -2.22. The predicted octanol–water partition coefficient (Wildman–Crippen LogP) is 5.19. The molecule has 0 saturated carbocycles. The minimum atomic E-state index is 0.583. The largest absolute Gasteiger partial charge is 0.344 e. The molecule has 1 heteroatoms. The van der Waals surface area contributed by atoms with E-state index in [2.05, 4.69) is 82.1 Å². The van der Waals surface area contributed by atoms with Crippen LogP contribution in [0.4, 0.5) is 11.4 Å². The fourth-order valence-corrected chi connectivity index (χ4v) is 2.30. The molecule has 0 aliphatic carbocycles. The van der Waals surface area contributed by atoms with Crippen LogP contribution in [-0.2, 0) is 0 Å². The Bertz CT molecular complexity index is 552. The summed E-state index contributed by atoms with van der Waals surface area (Å²) in [5.74, 6) is 0.583. The van der Waals surface area contributed by atoms with Gasteiger partial charge in [0.15, 0.2) is 0 Å². The van der Waals surface area contributed by atoms with Gasteiger partial charge in [-0.05, 0) is 54.7 Å². The minimum Gasteiger partial charge on any atom is -0.344 e. The summed E-state index contributed by atoms with van der Waals surface area (Å²) in [5.41, 5.74) is 6.50. The third kappa shape index (κ3) is 2.98. The molecule has 2 aromatic carbocycles. The molecule has 2 rings (SSSR count). The van der Waals surface area contributed by atoms with E-state index in [0.29, 0.717) is 5.92 Å². The number of benzene rings is 2. The van der Waals surface area contributed by atoms with Gasteiger partial charge in [0.05, 0.1) is 0 Å². The number of hydrogen-bond donors (Lipinski definition) is 0. The third-order valence-corrected chi connectivity index (χ3v) is 3.67. The van der Waals surface area contributed by atoms with Crippen molar-refractivity contribution in [2.75, 3.05) is 11.9 Å². The van der Waals surface area contributed by atoms with Gasteiger partial charge < -0.3 is 4.90 Å². The first kappa shape index (κ1) is 13.7. The van der Waals surface area contributed by atoms with Crippen LogP contribution in [-0.4, -0.2) is 7.05 Å². The lowest BCUT2D eigenvalue weighted by molar-refractivity contribution is 0.866. The third-order valence-electron chi connectivity index (χ3n) is 3.67. The molecule has 0 radical (unpaired) electrons. The molecule has 0 aliphatic rings. The monoisotopic (exact) mass is 253 g/mol. The first-order valence-corrected chi connectivity index (χ1v) is 6.90. The lowest BCUT2D eigenvalue weighted by Crippen LogP contribution is -2.11. The smallest absolute Gasteiger partial charge is 0.0440 e. The molecule has 0 aliphatic heterocycles. The van der Waals surface area contributed by atoms with Crippen molar-refractivity contribution in [3.05, 3.63) is 59.2 Å². The van der Waals surface area contributed by atoms with E-state index >= 15 is 0 Å². The molecule has 0 N–H and O–H groups in total. The molecule has 100 valence electrons. The highest BCUT2D eigenvalue weighted by molar-refractivity contribution is 5.66. The van der Waals surface area contributed by atoms with Crippen LogP contribution in [0.25, 0.3) is 0 Å². The zero-order valence-corrected chi connectivity index (χ0v) is 12.6. The van der Waals surface area contributed by atoms with Crippen LogP contribution in [0.1, 0.15) is 36.5 Å². The van der Waals surface area contributed by atoms with E-state index in [1.165, 1.54) is 28.1 Å². The summed E-state index contributed by atoms with van der Waals surface area (Å²) in [5, 5.41) is 0. The van der Waals surface area contributed by atoms with Crippen LogP contribution in [0.5, 0.6) is 0 Å². The van der Waals surface area contributed by atoms with E-state index in [4.69, 9.17) is 0 Å². The van der Waals surface area contributed by atoms with Crippen molar-refractivity contribution >= 4 is 11.4 Å². The second kappa shape index (κ2) is 5.48. The van der Waals surface area contributed by atoms with E-state index in [-0.39, 0.29) is 0 Å². The number of hydrogen-bond acceptors (Lipinski definition) is 1. The van der Waals surface area contributed by atoms with Crippen molar-refractivity contribution in [2.24, 2.45) is 0 Å². The zero-order valence-electron chi connectivity index (χ0n) is 12.6. The summed E-state index contributed by atoms with van der Waals surface area (Å²) in [6, 6.07) is 15.4. The van der Waals surface area contributed by atoms with Crippen molar-refractivity contribution in [2.45, 2.75) is 33.6 Å². The van der Waals surface area contributed by atoms with Crippen molar-refractivity contribution in [1.82, 2.24) is 0 Å². The van der Waals surface area contributed by atoms with Gasteiger partial charge in [-0.2, -0.15) is 0 Å². The summed E-state index contributed by atoms with van der Waals surface area (Å²) in [6.07, 6.45) is 0. The molecule has 0 saturated heterocycles. The number of aryl methyl sites for hydroxylation is 2. The predicted molar refractivity (Wildman–Crippen MR) is 84.5 cm³/mol. The molecule has 0 unspecified atom stereocenters. The molecular weight excluding hydrogens is 230 g/mol. The van der Waals surface area contributed by atoms with Gasteiger partial charge in [0.1, 0.15) is 0 Å². The molecule has 2 aromatic rings. The van der Waals surface area contributed by atoms with Gasteiger partial charge in [-0.1, -0.05) is 38.1 Å². The standard InChI is InChI=1S/C18H23N/c1-13(2)16-8-10-17(11-9-16)19(5)18-12-14(3)6-7-15(18)4/h6-13H,1-5H3. The zero-order chi connectivity index (χ0) is 14.0. The first-order valence-electron chi connectivity index (χ1n) is 6.90. The van der Waals surface area contributed by atoms with Crippen LogP contribution in [0.2, 0.25) is 0 Å². The van der Waals surface area contributed by atoms with Gasteiger partial charge >= 0.3 is 0 Å². The topological polar surface area (TPSA) is 3.24 Å². The molecule has 0 atom stereocenters. The normalized spacial score (nSPS) is 10.8. The summed E-state index contributed by atoms with van der Waals surface area (Å²) in [7, 11) is 2.13. The highest BCUT2D eigenvalue weighted by atomic mass is 15.1. The minimum absolute atomic E-state index is 0.583. The Morgan fingerprint density at radius 1 is 0.895 bits per heavy atom. The van der Waals surface area contributed by atoms with E-state index in [9.17, 15) is 0 Å². The van der Waals surface area contributed by atoms with Gasteiger partial charge in [0, 0.05) is 18.4 Å². The quantitative estimate of drug-likeness (QED) is 0.727. The Hall–Kier alpha value is -1.76. The fraction of sp³-hybridized carbons (Fsp3) is 0.333. The summed E-state index contributed by atoms with van der Waals surface area (Å²) < 4.78 is 0. The van der Waals surface area contributed by atoms with Gasteiger partial charge in [-0.25, -0.2) is 0 Å². The van der Waals surface area contributed by atoms with Crippen molar-refractivity contribution in [3.8, 4) is 0 Å². The highest BCUT2D eigenvalue weighted by Crippen LogP contribution is 2.28. The molecule has 0 fully saturated rings. The average molecular weight is 253 g/mol. The van der Waals surface area contributed by atoms with Gasteiger partial charge in [-0.3, -0.25) is 0 Å². The maximum absolute atomic E-state index is 2.26. The van der Waals surface area contributed by atoms with E-state index in [1.54, 1.807) is 0 Å².